The number of hydrogen-bond donors (Lipinski definition) is 2. The first kappa shape index (κ1) is 19.3. The Bertz CT molecular complexity index is 1020. The summed E-state index contributed by atoms with van der Waals surface area (Å²) in [5.74, 6) is 0.448. The third kappa shape index (κ3) is 4.36. The van der Waals surface area contributed by atoms with Crippen LogP contribution in [0.25, 0.3) is 22.5 Å². The maximum Gasteiger partial charge on any atom is 0.245 e. The summed E-state index contributed by atoms with van der Waals surface area (Å²) in [7, 11) is 0. The number of carbonyl (C=O) groups is 1. The summed E-state index contributed by atoms with van der Waals surface area (Å²) < 4.78 is 0. The van der Waals surface area contributed by atoms with Crippen LogP contribution in [0.5, 0.6) is 0 Å². The number of rotatable bonds is 5. The van der Waals surface area contributed by atoms with E-state index < -0.39 is 0 Å². The third-order valence-corrected chi connectivity index (χ3v) is 5.78. The van der Waals surface area contributed by atoms with Crippen LogP contribution in [0.15, 0.2) is 53.5 Å². The Hall–Kier alpha value is -3.04. The first-order valence-corrected chi connectivity index (χ1v) is 10.2. The van der Waals surface area contributed by atoms with Crippen molar-refractivity contribution in [3.63, 3.8) is 0 Å². The lowest BCUT2D eigenvalue weighted by molar-refractivity contribution is -0.115. The number of hydrogen-bond acceptors (Lipinski definition) is 6. The van der Waals surface area contributed by atoms with Crippen LogP contribution in [0.1, 0.15) is 25.8 Å². The molecule has 2 aromatic carbocycles. The highest BCUT2D eigenvalue weighted by atomic mass is 32.2. The first-order valence-electron chi connectivity index (χ1n) is 9.36. The van der Waals surface area contributed by atoms with Crippen molar-refractivity contribution in [1.29, 1.82) is 0 Å². The fourth-order valence-corrected chi connectivity index (χ4v) is 4.17. The van der Waals surface area contributed by atoms with Gasteiger partial charge in [0.25, 0.3) is 0 Å². The van der Waals surface area contributed by atoms with E-state index in [1.165, 1.54) is 6.92 Å². The molecule has 1 saturated heterocycles. The van der Waals surface area contributed by atoms with Crippen LogP contribution in [0.3, 0.4) is 0 Å². The Morgan fingerprint density at radius 2 is 1.93 bits per heavy atom. The molecule has 1 atom stereocenters. The number of nitrogens with one attached hydrogen (secondary N) is 2. The molecule has 148 valence electrons. The van der Waals surface area contributed by atoms with Crippen molar-refractivity contribution in [2.45, 2.75) is 32.2 Å². The lowest BCUT2D eigenvalue weighted by Gasteiger charge is -2.19. The second kappa shape index (κ2) is 8.54. The van der Waals surface area contributed by atoms with Gasteiger partial charge in [0.1, 0.15) is 0 Å². The molecule has 9 heteroatoms. The van der Waals surface area contributed by atoms with Crippen molar-refractivity contribution in [2.24, 2.45) is 4.99 Å². The Morgan fingerprint density at radius 1 is 1.17 bits per heavy atom. The standard InChI is InChI=1S/C20H21N7OS/c1-3-18-24-27(20(29-18)21-13(2)28)12-14-8-10-15(11-9-14)16-6-4-5-7-17(16)19-22-25-26-23-19/h4-11,18,24H,3,12H2,1-2H3,(H,22,23,25,26). The predicted octanol–water partition coefficient (Wildman–Crippen LogP) is 3.23. The minimum atomic E-state index is -0.190. The van der Waals surface area contributed by atoms with Crippen LogP contribution in [-0.2, 0) is 11.3 Å². The zero-order chi connectivity index (χ0) is 20.2. The number of carbonyl (C=O) groups excluding carboxylic acids is 1. The van der Waals surface area contributed by atoms with Gasteiger partial charge in [-0.05, 0) is 33.5 Å². The van der Waals surface area contributed by atoms with E-state index in [9.17, 15) is 4.79 Å². The molecule has 2 heterocycles. The smallest absolute Gasteiger partial charge is 0.245 e. The van der Waals surface area contributed by atoms with Crippen LogP contribution >= 0.6 is 11.8 Å². The van der Waals surface area contributed by atoms with E-state index in [4.69, 9.17) is 0 Å². The molecule has 3 aromatic rings. The van der Waals surface area contributed by atoms with Gasteiger partial charge in [-0.2, -0.15) is 4.99 Å². The van der Waals surface area contributed by atoms with Gasteiger partial charge < -0.3 is 0 Å². The number of thioether (sulfide) groups is 1. The van der Waals surface area contributed by atoms with Gasteiger partial charge >= 0.3 is 0 Å². The van der Waals surface area contributed by atoms with Gasteiger partial charge in [0.05, 0.1) is 11.9 Å². The lowest BCUT2D eigenvalue weighted by Crippen LogP contribution is -2.37. The van der Waals surface area contributed by atoms with E-state index in [1.54, 1.807) is 11.8 Å². The summed E-state index contributed by atoms with van der Waals surface area (Å²) in [4.78, 5) is 15.6. The number of aliphatic imine (C=N–C) groups is 1. The fraction of sp³-hybridized carbons (Fsp3) is 0.250. The summed E-state index contributed by atoms with van der Waals surface area (Å²) >= 11 is 1.59. The van der Waals surface area contributed by atoms with Crippen molar-refractivity contribution >= 4 is 22.8 Å². The van der Waals surface area contributed by atoms with Gasteiger partial charge in [0.2, 0.25) is 5.91 Å². The largest absolute Gasteiger partial charge is 0.281 e. The highest BCUT2D eigenvalue weighted by Crippen LogP contribution is 2.30. The van der Waals surface area contributed by atoms with Crippen LogP contribution in [0.4, 0.5) is 0 Å². The maximum absolute atomic E-state index is 11.5. The molecular formula is C20H21N7OS. The third-order valence-electron chi connectivity index (χ3n) is 4.54. The second-order valence-corrected chi connectivity index (χ2v) is 7.81. The summed E-state index contributed by atoms with van der Waals surface area (Å²) in [6.07, 6.45) is 0.949. The molecule has 1 aromatic heterocycles. The number of nitrogens with zero attached hydrogens (tertiary/aromatic N) is 5. The summed E-state index contributed by atoms with van der Waals surface area (Å²) in [5.41, 5.74) is 7.60. The van der Waals surface area contributed by atoms with E-state index in [-0.39, 0.29) is 11.3 Å². The number of aromatic nitrogens is 4. The topological polar surface area (TPSA) is 99.2 Å². The zero-order valence-corrected chi connectivity index (χ0v) is 17.0. The van der Waals surface area contributed by atoms with Gasteiger partial charge in [0.15, 0.2) is 11.0 Å². The SMILES string of the molecule is CCC1NN(Cc2ccc(-c3ccccc3-c3nnn[nH]3)cc2)C(=NC(C)=O)S1. The molecule has 1 fully saturated rings. The molecule has 1 aliphatic heterocycles. The van der Waals surface area contributed by atoms with Crippen molar-refractivity contribution < 1.29 is 4.79 Å². The summed E-state index contributed by atoms with van der Waals surface area (Å²) in [6, 6.07) is 16.3. The van der Waals surface area contributed by atoms with Gasteiger partial charge in [-0.25, -0.2) is 10.5 Å². The van der Waals surface area contributed by atoms with Crippen molar-refractivity contribution in [3.8, 4) is 22.5 Å². The molecule has 0 aliphatic carbocycles. The second-order valence-electron chi connectivity index (χ2n) is 6.64. The molecule has 2 N–H and O–H groups in total. The normalized spacial score (nSPS) is 17.8. The number of amidine groups is 1. The number of H-pyrrole nitrogens is 1. The average Bonchev–Trinajstić information content (AvgIpc) is 3.39. The van der Waals surface area contributed by atoms with Gasteiger partial charge in [0, 0.05) is 12.5 Å². The fourth-order valence-electron chi connectivity index (χ4n) is 3.14. The molecule has 0 radical (unpaired) electrons. The number of tetrazole rings is 1. The molecule has 0 spiro atoms. The molecule has 4 rings (SSSR count). The Balaban J connectivity index is 1.56. The minimum Gasteiger partial charge on any atom is -0.281 e. The highest BCUT2D eigenvalue weighted by Gasteiger charge is 2.27. The number of hydrazine groups is 1. The van der Waals surface area contributed by atoms with Crippen LogP contribution in [-0.4, -0.2) is 42.1 Å². The number of benzene rings is 2. The van der Waals surface area contributed by atoms with E-state index >= 15 is 0 Å². The molecule has 1 amide bonds. The van der Waals surface area contributed by atoms with Gasteiger partial charge in [-0.3, -0.25) is 9.80 Å². The monoisotopic (exact) mass is 407 g/mol. The molecule has 1 unspecified atom stereocenters. The molecule has 29 heavy (non-hydrogen) atoms. The minimum absolute atomic E-state index is 0.190. The van der Waals surface area contributed by atoms with E-state index in [0.29, 0.717) is 12.4 Å². The summed E-state index contributed by atoms with van der Waals surface area (Å²) in [5, 5.41) is 17.1. The van der Waals surface area contributed by atoms with Gasteiger partial charge in [-0.15, -0.1) is 5.10 Å². The predicted molar refractivity (Wildman–Crippen MR) is 114 cm³/mol. The highest BCUT2D eigenvalue weighted by molar-refractivity contribution is 8.14. The Kier molecular flexibility index (Phi) is 5.68. The van der Waals surface area contributed by atoms with E-state index in [1.807, 2.05) is 23.2 Å². The van der Waals surface area contributed by atoms with Crippen molar-refractivity contribution in [2.75, 3.05) is 0 Å². The number of aromatic amines is 1. The number of amides is 1. The average molecular weight is 408 g/mol. The van der Waals surface area contributed by atoms with Gasteiger partial charge in [-0.1, -0.05) is 67.2 Å². The first-order chi connectivity index (χ1) is 14.1. The van der Waals surface area contributed by atoms with Crippen LogP contribution in [0, 0.1) is 0 Å². The maximum atomic E-state index is 11.5. The van der Waals surface area contributed by atoms with E-state index in [0.717, 1.165) is 33.8 Å². The Labute approximate surface area is 172 Å². The molecular weight excluding hydrogens is 386 g/mol. The van der Waals surface area contributed by atoms with Crippen molar-refractivity contribution in [3.05, 3.63) is 54.1 Å². The Morgan fingerprint density at radius 3 is 2.59 bits per heavy atom. The lowest BCUT2D eigenvalue weighted by atomic mass is 9.98. The molecule has 0 saturated carbocycles. The molecule has 8 nitrogen and oxygen atoms in total. The van der Waals surface area contributed by atoms with Crippen LogP contribution in [0.2, 0.25) is 0 Å². The van der Waals surface area contributed by atoms with E-state index in [2.05, 4.69) is 68.3 Å². The molecule has 1 aliphatic rings. The molecule has 0 bridgehead atoms. The summed E-state index contributed by atoms with van der Waals surface area (Å²) in [6.45, 7) is 4.21. The van der Waals surface area contributed by atoms with Crippen molar-refractivity contribution in [1.82, 2.24) is 31.1 Å². The van der Waals surface area contributed by atoms with Crippen LogP contribution < -0.4 is 5.43 Å². The zero-order valence-electron chi connectivity index (χ0n) is 16.2. The quantitative estimate of drug-likeness (QED) is 0.670.